The first-order valence-electron chi connectivity index (χ1n) is 5.97. The van der Waals surface area contributed by atoms with Crippen LogP contribution >= 0.6 is 11.3 Å². The number of nitrogens with one attached hydrogen (secondary N) is 1. The van der Waals surface area contributed by atoms with Crippen molar-refractivity contribution in [3.63, 3.8) is 0 Å². The van der Waals surface area contributed by atoms with E-state index < -0.39 is 0 Å². The fourth-order valence-corrected chi connectivity index (χ4v) is 3.17. The molecule has 0 aliphatic carbocycles. The third-order valence-electron chi connectivity index (χ3n) is 3.13. The zero-order valence-electron chi connectivity index (χ0n) is 10.1. The second kappa shape index (κ2) is 4.01. The van der Waals surface area contributed by atoms with Crippen molar-refractivity contribution in [3.8, 4) is 11.3 Å². The molecule has 4 nitrogen and oxygen atoms in total. The molecule has 3 aromatic heterocycles. The number of thiazole rings is 1. The van der Waals surface area contributed by atoms with Gasteiger partial charge in [-0.15, -0.1) is 0 Å². The number of benzene rings is 1. The summed E-state index contributed by atoms with van der Waals surface area (Å²) >= 11 is 1.42. The van der Waals surface area contributed by atoms with E-state index in [1.54, 1.807) is 18.2 Å². The van der Waals surface area contributed by atoms with Crippen LogP contribution in [0.3, 0.4) is 0 Å². The number of pyridine rings is 1. The molecule has 0 saturated carbocycles. The van der Waals surface area contributed by atoms with E-state index in [4.69, 9.17) is 0 Å². The summed E-state index contributed by atoms with van der Waals surface area (Å²) in [6.45, 7) is 0. The Morgan fingerprint density at radius 1 is 1.15 bits per heavy atom. The van der Waals surface area contributed by atoms with Gasteiger partial charge in [0.15, 0.2) is 4.96 Å². The molecule has 0 atom stereocenters. The minimum absolute atomic E-state index is 0.124. The maximum absolute atomic E-state index is 12.9. The van der Waals surface area contributed by atoms with E-state index in [2.05, 4.69) is 9.97 Å². The van der Waals surface area contributed by atoms with Crippen molar-refractivity contribution in [1.29, 1.82) is 0 Å². The van der Waals surface area contributed by atoms with Crippen molar-refractivity contribution in [1.82, 2.24) is 14.4 Å². The summed E-state index contributed by atoms with van der Waals surface area (Å²) in [7, 11) is 0. The van der Waals surface area contributed by atoms with Gasteiger partial charge < -0.3 is 4.98 Å². The molecule has 0 aliphatic rings. The number of hydrogen-bond donors (Lipinski definition) is 1. The number of fused-ring (bicyclic) bond motifs is 3. The Bertz CT molecular complexity index is 981. The summed E-state index contributed by atoms with van der Waals surface area (Å²) < 4.78 is 14.9. The lowest BCUT2D eigenvalue weighted by Crippen LogP contribution is -2.01. The number of H-pyrrole nitrogens is 1. The second-order valence-electron chi connectivity index (χ2n) is 4.42. The molecule has 0 fully saturated rings. The van der Waals surface area contributed by atoms with Crippen molar-refractivity contribution in [2.45, 2.75) is 0 Å². The first-order valence-corrected chi connectivity index (χ1v) is 6.79. The Hall–Kier alpha value is -2.47. The van der Waals surface area contributed by atoms with Gasteiger partial charge in [-0.05, 0) is 30.3 Å². The molecule has 0 spiro atoms. The number of aromatic amines is 1. The zero-order valence-corrected chi connectivity index (χ0v) is 10.9. The van der Waals surface area contributed by atoms with Gasteiger partial charge in [0.05, 0.1) is 11.2 Å². The summed E-state index contributed by atoms with van der Waals surface area (Å²) in [5.41, 5.74) is 2.43. The average Bonchev–Trinajstić information content (AvgIpc) is 2.96. The van der Waals surface area contributed by atoms with Crippen LogP contribution in [0.4, 0.5) is 4.39 Å². The minimum atomic E-state index is -0.266. The van der Waals surface area contributed by atoms with E-state index in [1.165, 1.54) is 29.5 Å². The quantitative estimate of drug-likeness (QED) is 0.584. The summed E-state index contributed by atoms with van der Waals surface area (Å²) in [5.74, 6) is -0.266. The van der Waals surface area contributed by atoms with Gasteiger partial charge in [-0.1, -0.05) is 11.3 Å². The number of aromatic nitrogens is 3. The molecular formula is C14H8FN3OS. The first kappa shape index (κ1) is 11.4. The SMILES string of the molecule is O=c1ccc2c([nH]1)sc1nc(-c3ccc(F)cc3)cn12. The Labute approximate surface area is 116 Å². The van der Waals surface area contributed by atoms with Gasteiger partial charge in [0, 0.05) is 17.8 Å². The fourth-order valence-electron chi connectivity index (χ4n) is 2.17. The van der Waals surface area contributed by atoms with Gasteiger partial charge in [-0.3, -0.25) is 9.20 Å². The number of rotatable bonds is 1. The minimum Gasteiger partial charge on any atom is -0.312 e. The maximum Gasteiger partial charge on any atom is 0.249 e. The number of hydrogen-bond acceptors (Lipinski definition) is 3. The molecule has 0 amide bonds. The molecule has 3 heterocycles. The van der Waals surface area contributed by atoms with Crippen LogP contribution in [0, 0.1) is 5.82 Å². The Morgan fingerprint density at radius 2 is 1.95 bits per heavy atom. The summed E-state index contributed by atoms with van der Waals surface area (Å²) in [6.07, 6.45) is 1.89. The monoisotopic (exact) mass is 285 g/mol. The fraction of sp³-hybridized carbons (Fsp3) is 0. The zero-order chi connectivity index (χ0) is 13.7. The van der Waals surface area contributed by atoms with Crippen LogP contribution in [0.1, 0.15) is 0 Å². The Balaban J connectivity index is 1.95. The van der Waals surface area contributed by atoms with E-state index in [0.717, 1.165) is 26.6 Å². The molecule has 4 rings (SSSR count). The molecule has 20 heavy (non-hydrogen) atoms. The van der Waals surface area contributed by atoms with Crippen LogP contribution in [0.2, 0.25) is 0 Å². The van der Waals surface area contributed by atoms with E-state index in [0.29, 0.717) is 0 Å². The van der Waals surface area contributed by atoms with Gasteiger partial charge in [0.2, 0.25) is 5.56 Å². The van der Waals surface area contributed by atoms with Crippen LogP contribution in [-0.2, 0) is 0 Å². The van der Waals surface area contributed by atoms with Crippen LogP contribution in [0.25, 0.3) is 26.6 Å². The molecule has 6 heteroatoms. The molecule has 0 radical (unpaired) electrons. The molecule has 0 aliphatic heterocycles. The van der Waals surface area contributed by atoms with Crippen LogP contribution in [0.15, 0.2) is 47.4 Å². The van der Waals surface area contributed by atoms with E-state index in [9.17, 15) is 9.18 Å². The predicted molar refractivity (Wildman–Crippen MR) is 76.6 cm³/mol. The van der Waals surface area contributed by atoms with Crippen LogP contribution < -0.4 is 5.56 Å². The van der Waals surface area contributed by atoms with Crippen molar-refractivity contribution >= 4 is 26.6 Å². The Morgan fingerprint density at radius 3 is 2.75 bits per heavy atom. The van der Waals surface area contributed by atoms with E-state index >= 15 is 0 Å². The van der Waals surface area contributed by atoms with E-state index in [-0.39, 0.29) is 11.4 Å². The molecule has 1 N–H and O–H groups in total. The maximum atomic E-state index is 12.9. The van der Waals surface area contributed by atoms with Crippen molar-refractivity contribution < 1.29 is 4.39 Å². The van der Waals surface area contributed by atoms with Crippen LogP contribution in [0.5, 0.6) is 0 Å². The summed E-state index contributed by atoms with van der Waals surface area (Å²) in [6, 6.07) is 9.49. The van der Waals surface area contributed by atoms with Gasteiger partial charge >= 0.3 is 0 Å². The second-order valence-corrected chi connectivity index (χ2v) is 5.40. The lowest BCUT2D eigenvalue weighted by molar-refractivity contribution is 0.628. The number of imidazole rings is 1. The van der Waals surface area contributed by atoms with Gasteiger partial charge in [-0.2, -0.15) is 0 Å². The van der Waals surface area contributed by atoms with Crippen molar-refractivity contribution in [2.75, 3.05) is 0 Å². The Kier molecular flexibility index (Phi) is 2.28. The normalized spacial score (nSPS) is 11.4. The molecule has 0 saturated heterocycles. The molecule has 1 aromatic carbocycles. The third-order valence-corrected chi connectivity index (χ3v) is 4.11. The van der Waals surface area contributed by atoms with Gasteiger partial charge in [0.25, 0.3) is 0 Å². The number of halogens is 1. The lowest BCUT2D eigenvalue weighted by atomic mass is 10.2. The highest BCUT2D eigenvalue weighted by Gasteiger charge is 2.10. The summed E-state index contributed by atoms with van der Waals surface area (Å²) in [5, 5.41) is 0. The molecular weight excluding hydrogens is 277 g/mol. The number of nitrogens with zero attached hydrogens (tertiary/aromatic N) is 2. The molecule has 0 bridgehead atoms. The van der Waals surface area contributed by atoms with Gasteiger partial charge in [-0.25, -0.2) is 9.37 Å². The molecule has 0 unspecified atom stereocenters. The highest BCUT2D eigenvalue weighted by Crippen LogP contribution is 2.27. The smallest absolute Gasteiger partial charge is 0.249 e. The molecule has 98 valence electrons. The largest absolute Gasteiger partial charge is 0.312 e. The predicted octanol–water partition coefficient (Wildman–Crippen LogP) is 3.04. The average molecular weight is 285 g/mol. The summed E-state index contributed by atoms with van der Waals surface area (Å²) in [4.78, 5) is 20.2. The van der Waals surface area contributed by atoms with Gasteiger partial charge in [0.1, 0.15) is 10.6 Å². The van der Waals surface area contributed by atoms with E-state index in [1.807, 2.05) is 10.6 Å². The molecule has 4 aromatic rings. The lowest BCUT2D eigenvalue weighted by Gasteiger charge is -1.95. The standard InChI is InChI=1S/C14H8FN3OS/c15-9-3-1-8(2-4-9)10-7-18-11-5-6-12(19)17-13(11)20-14(18)16-10/h1-7H,(H,17,19). The topological polar surface area (TPSA) is 50.2 Å². The third kappa shape index (κ3) is 1.65. The van der Waals surface area contributed by atoms with Crippen molar-refractivity contribution in [3.05, 3.63) is 58.8 Å². The van der Waals surface area contributed by atoms with Crippen molar-refractivity contribution in [2.24, 2.45) is 0 Å². The first-order chi connectivity index (χ1) is 9.70. The highest BCUT2D eigenvalue weighted by atomic mass is 32.1. The van der Waals surface area contributed by atoms with Crippen LogP contribution in [-0.4, -0.2) is 14.4 Å². The highest BCUT2D eigenvalue weighted by molar-refractivity contribution is 7.23.